The van der Waals surface area contributed by atoms with Gasteiger partial charge in [-0.25, -0.2) is 0 Å². The van der Waals surface area contributed by atoms with Crippen molar-refractivity contribution in [3.05, 3.63) is 47.5 Å². The van der Waals surface area contributed by atoms with Crippen LogP contribution in [0.4, 0.5) is 0 Å². The lowest BCUT2D eigenvalue weighted by Gasteiger charge is -2.38. The topological polar surface area (TPSA) is 112 Å². The molecule has 3 aromatic rings. The van der Waals surface area contributed by atoms with Crippen LogP contribution in [0.15, 0.2) is 36.4 Å². The number of carbonyl (C=O) groups excluding carboxylic acids is 2. The lowest BCUT2D eigenvalue weighted by Crippen LogP contribution is -2.50. The highest BCUT2D eigenvalue weighted by Gasteiger charge is 2.51. The zero-order valence-corrected chi connectivity index (χ0v) is 16.8. The molecule has 0 radical (unpaired) electrons. The highest BCUT2D eigenvalue weighted by molar-refractivity contribution is 6.13. The Morgan fingerprint density at radius 1 is 1.00 bits per heavy atom. The number of nitrogens with zero attached hydrogens (tertiary/aromatic N) is 1. The van der Waals surface area contributed by atoms with E-state index in [0.29, 0.717) is 36.8 Å². The molecule has 2 fully saturated rings. The number of H-pyrrole nitrogens is 1. The number of para-hydroxylation sites is 1. The Labute approximate surface area is 174 Å². The van der Waals surface area contributed by atoms with Crippen LogP contribution in [-0.2, 0) is 10.2 Å². The summed E-state index contributed by atoms with van der Waals surface area (Å²) in [5.74, 6) is -0.695. The van der Waals surface area contributed by atoms with E-state index in [-0.39, 0.29) is 5.91 Å². The predicted molar refractivity (Wildman–Crippen MR) is 115 cm³/mol. The minimum atomic E-state index is -0.880. The van der Waals surface area contributed by atoms with Crippen LogP contribution in [0.25, 0.3) is 21.8 Å². The van der Waals surface area contributed by atoms with E-state index >= 15 is 0 Å². The van der Waals surface area contributed by atoms with Crippen molar-refractivity contribution in [2.24, 2.45) is 5.73 Å². The van der Waals surface area contributed by atoms with Crippen LogP contribution in [0.3, 0.4) is 0 Å². The fourth-order valence-corrected chi connectivity index (χ4v) is 5.09. The SMILES string of the molecule is N#CC1(NC(=O)C2(c3c(C(N)=O)ccc4c3[nH]c3ccccc34)CCCCC2)CC1. The Morgan fingerprint density at radius 3 is 2.40 bits per heavy atom. The Bertz CT molecular complexity index is 1220. The van der Waals surface area contributed by atoms with E-state index in [1.54, 1.807) is 6.07 Å². The first-order chi connectivity index (χ1) is 14.5. The fourth-order valence-electron chi connectivity index (χ4n) is 5.09. The number of hydrogen-bond donors (Lipinski definition) is 3. The summed E-state index contributed by atoms with van der Waals surface area (Å²) < 4.78 is 0. The highest BCUT2D eigenvalue weighted by atomic mass is 16.2. The van der Waals surface area contributed by atoms with E-state index in [1.165, 1.54) is 0 Å². The van der Waals surface area contributed by atoms with E-state index < -0.39 is 16.9 Å². The smallest absolute Gasteiger partial charge is 0.249 e. The number of nitriles is 1. The number of rotatable bonds is 4. The molecule has 2 aliphatic carbocycles. The van der Waals surface area contributed by atoms with E-state index in [4.69, 9.17) is 5.73 Å². The quantitative estimate of drug-likeness (QED) is 0.619. The molecular formula is C24H24N4O2. The number of benzene rings is 2. The van der Waals surface area contributed by atoms with Gasteiger partial charge in [-0.3, -0.25) is 9.59 Å². The third-order valence-corrected chi connectivity index (χ3v) is 6.88. The molecule has 0 spiro atoms. The third-order valence-electron chi connectivity index (χ3n) is 6.88. The number of aromatic nitrogens is 1. The van der Waals surface area contributed by atoms with Gasteiger partial charge < -0.3 is 16.0 Å². The number of nitrogens with two attached hydrogens (primary N) is 1. The summed E-state index contributed by atoms with van der Waals surface area (Å²) in [6.07, 6.45) is 5.44. The molecule has 6 heteroatoms. The van der Waals surface area contributed by atoms with Gasteiger partial charge in [-0.1, -0.05) is 43.5 Å². The number of amides is 2. The summed E-state index contributed by atoms with van der Waals surface area (Å²) in [6.45, 7) is 0. The predicted octanol–water partition coefficient (Wildman–Crippen LogP) is 3.79. The van der Waals surface area contributed by atoms with Crippen LogP contribution in [-0.4, -0.2) is 22.3 Å². The monoisotopic (exact) mass is 400 g/mol. The summed E-state index contributed by atoms with van der Waals surface area (Å²) in [6, 6.07) is 13.9. The maximum Gasteiger partial charge on any atom is 0.249 e. The minimum Gasteiger partial charge on any atom is -0.366 e. The molecule has 2 saturated carbocycles. The second kappa shape index (κ2) is 6.60. The van der Waals surface area contributed by atoms with Crippen LogP contribution >= 0.6 is 0 Å². The Balaban J connectivity index is 1.78. The third kappa shape index (κ3) is 2.69. The molecule has 2 aliphatic rings. The number of carbonyl (C=O) groups is 2. The maximum absolute atomic E-state index is 13.7. The molecule has 6 nitrogen and oxygen atoms in total. The van der Waals surface area contributed by atoms with Crippen LogP contribution in [0.2, 0.25) is 0 Å². The summed E-state index contributed by atoms with van der Waals surface area (Å²) in [5, 5.41) is 14.6. The fraction of sp³-hybridized carbons (Fsp3) is 0.375. The molecule has 0 aliphatic heterocycles. The lowest BCUT2D eigenvalue weighted by molar-refractivity contribution is -0.128. The molecule has 30 heavy (non-hydrogen) atoms. The van der Waals surface area contributed by atoms with Gasteiger partial charge in [-0.15, -0.1) is 0 Å². The first-order valence-corrected chi connectivity index (χ1v) is 10.6. The second-order valence-corrected chi connectivity index (χ2v) is 8.74. The molecule has 1 aromatic heterocycles. The zero-order chi connectivity index (χ0) is 20.9. The summed E-state index contributed by atoms with van der Waals surface area (Å²) in [4.78, 5) is 29.7. The summed E-state index contributed by atoms with van der Waals surface area (Å²) in [7, 11) is 0. The average molecular weight is 400 g/mol. The van der Waals surface area contributed by atoms with E-state index in [0.717, 1.165) is 41.1 Å². The number of aromatic amines is 1. The van der Waals surface area contributed by atoms with Crippen molar-refractivity contribution in [3.63, 3.8) is 0 Å². The first kappa shape index (κ1) is 18.7. The highest BCUT2D eigenvalue weighted by Crippen LogP contribution is 2.46. The number of nitrogens with one attached hydrogen (secondary N) is 2. The summed E-state index contributed by atoms with van der Waals surface area (Å²) >= 11 is 0. The Kier molecular flexibility index (Phi) is 4.11. The van der Waals surface area contributed by atoms with Gasteiger partial charge in [0.2, 0.25) is 11.8 Å². The molecule has 0 saturated heterocycles. The Hall–Kier alpha value is -3.33. The van der Waals surface area contributed by atoms with Crippen molar-refractivity contribution in [1.29, 1.82) is 5.26 Å². The van der Waals surface area contributed by atoms with Crippen LogP contribution in [0.5, 0.6) is 0 Å². The van der Waals surface area contributed by atoms with Crippen LogP contribution in [0.1, 0.15) is 60.9 Å². The number of fused-ring (bicyclic) bond motifs is 3. The van der Waals surface area contributed by atoms with Gasteiger partial charge in [-0.2, -0.15) is 5.26 Å². The molecule has 5 rings (SSSR count). The van der Waals surface area contributed by atoms with Crippen molar-refractivity contribution in [2.45, 2.75) is 55.9 Å². The molecule has 0 atom stereocenters. The van der Waals surface area contributed by atoms with Crippen molar-refractivity contribution in [3.8, 4) is 6.07 Å². The van der Waals surface area contributed by atoms with Gasteiger partial charge in [0.25, 0.3) is 0 Å². The maximum atomic E-state index is 13.7. The van der Waals surface area contributed by atoms with Gasteiger partial charge in [0.05, 0.1) is 17.0 Å². The van der Waals surface area contributed by atoms with E-state index in [9.17, 15) is 14.9 Å². The van der Waals surface area contributed by atoms with Crippen LogP contribution in [0, 0.1) is 11.3 Å². The van der Waals surface area contributed by atoms with Crippen molar-refractivity contribution < 1.29 is 9.59 Å². The van der Waals surface area contributed by atoms with Gasteiger partial charge in [0, 0.05) is 27.4 Å². The second-order valence-electron chi connectivity index (χ2n) is 8.74. The van der Waals surface area contributed by atoms with Crippen molar-refractivity contribution in [1.82, 2.24) is 10.3 Å². The average Bonchev–Trinajstić information content (AvgIpc) is 3.44. The van der Waals surface area contributed by atoms with E-state index in [1.807, 2.05) is 30.3 Å². The van der Waals surface area contributed by atoms with Gasteiger partial charge in [0.15, 0.2) is 0 Å². The van der Waals surface area contributed by atoms with Gasteiger partial charge in [-0.05, 0) is 37.8 Å². The lowest BCUT2D eigenvalue weighted by atomic mass is 9.66. The normalized spacial score (nSPS) is 19.3. The van der Waals surface area contributed by atoms with Gasteiger partial charge >= 0.3 is 0 Å². The minimum absolute atomic E-state index is 0.157. The molecule has 0 bridgehead atoms. The summed E-state index contributed by atoms with van der Waals surface area (Å²) in [5.41, 5.74) is 6.98. The molecule has 2 aromatic carbocycles. The molecule has 0 unspecified atom stereocenters. The van der Waals surface area contributed by atoms with Crippen molar-refractivity contribution in [2.75, 3.05) is 0 Å². The molecule has 2 amide bonds. The first-order valence-electron chi connectivity index (χ1n) is 10.6. The van der Waals surface area contributed by atoms with Crippen LogP contribution < -0.4 is 11.1 Å². The number of hydrogen-bond acceptors (Lipinski definition) is 3. The standard InChI is InChI=1S/C24H24N4O2/c25-14-23(12-13-23)28-22(30)24(10-4-1-5-11-24)19-17(21(26)29)9-8-16-15-6-2-3-7-18(15)27-20(16)19/h2-3,6-9,27H,1,4-5,10-13H2,(H2,26,29)(H,28,30). The number of primary amides is 1. The zero-order valence-electron chi connectivity index (χ0n) is 16.8. The van der Waals surface area contributed by atoms with Gasteiger partial charge in [0.1, 0.15) is 5.54 Å². The molecule has 4 N–H and O–H groups in total. The largest absolute Gasteiger partial charge is 0.366 e. The Morgan fingerprint density at radius 2 is 1.73 bits per heavy atom. The molecule has 1 heterocycles. The van der Waals surface area contributed by atoms with E-state index in [2.05, 4.69) is 16.4 Å². The molecule has 152 valence electrons. The molecular weight excluding hydrogens is 376 g/mol. The van der Waals surface area contributed by atoms with Crippen molar-refractivity contribution >= 4 is 33.6 Å².